The lowest BCUT2D eigenvalue weighted by Crippen LogP contribution is -2.35. The molecule has 0 bridgehead atoms. The van der Waals surface area contributed by atoms with Gasteiger partial charge in [0.05, 0.1) is 35.0 Å². The standard InChI is InChI=1S/C36H36Cl2N6O4/c1-21-29(20-39-14-16-45)36(47)44-15-13-22(17-31(44)41-21)25-5-3-6-26(33(25)37)27-7-4-8-28(34(27)38)30-11-9-23(35(43-30)48-2)18-40-19-24-10-12-32(46)42-24/h3-9,11,13,15,17,24,39-40,45H,10,12,14,16,18-20H2,1-2H3,(H,42,46). The number of aromatic nitrogens is 3. The van der Waals surface area contributed by atoms with Crippen LogP contribution < -0.4 is 26.2 Å². The first-order chi connectivity index (χ1) is 23.3. The highest BCUT2D eigenvalue weighted by molar-refractivity contribution is 6.39. The molecule has 2 aromatic carbocycles. The number of carbonyl (C=O) groups excluding carboxylic acids is 1. The molecular formula is C36H36Cl2N6O4. The average Bonchev–Trinajstić information content (AvgIpc) is 3.51. The molecule has 1 unspecified atom stereocenters. The maximum Gasteiger partial charge on any atom is 0.262 e. The zero-order chi connectivity index (χ0) is 33.8. The Hall–Kier alpha value is -4.32. The number of methoxy groups -OCH3 is 1. The molecule has 4 heterocycles. The van der Waals surface area contributed by atoms with E-state index in [2.05, 4.69) is 20.9 Å². The topological polar surface area (TPSA) is 130 Å². The molecule has 1 aliphatic heterocycles. The Balaban J connectivity index is 1.28. The van der Waals surface area contributed by atoms with Crippen molar-refractivity contribution in [2.45, 2.75) is 38.9 Å². The monoisotopic (exact) mass is 686 g/mol. The van der Waals surface area contributed by atoms with E-state index in [9.17, 15) is 9.59 Å². The number of aliphatic hydroxyl groups excluding tert-OH is 1. The zero-order valence-electron chi connectivity index (χ0n) is 26.6. The molecule has 1 aliphatic rings. The third kappa shape index (κ3) is 6.94. The molecular weight excluding hydrogens is 651 g/mol. The third-order valence-electron chi connectivity index (χ3n) is 8.52. The van der Waals surface area contributed by atoms with Crippen molar-refractivity contribution in [2.24, 2.45) is 0 Å². The molecule has 1 saturated heterocycles. The number of amides is 1. The van der Waals surface area contributed by atoms with Crippen molar-refractivity contribution in [3.8, 4) is 39.4 Å². The van der Waals surface area contributed by atoms with Gasteiger partial charge in [0.2, 0.25) is 11.8 Å². The molecule has 3 aromatic heterocycles. The average molecular weight is 688 g/mol. The van der Waals surface area contributed by atoms with Gasteiger partial charge in [0, 0.05) is 78.3 Å². The first-order valence-electron chi connectivity index (χ1n) is 15.7. The normalized spacial score (nSPS) is 14.4. The number of ether oxygens (including phenoxy) is 1. The van der Waals surface area contributed by atoms with Gasteiger partial charge in [-0.15, -0.1) is 0 Å². The Morgan fingerprint density at radius 2 is 1.69 bits per heavy atom. The number of halogens is 2. The van der Waals surface area contributed by atoms with Crippen LogP contribution in [-0.4, -0.2) is 58.2 Å². The fourth-order valence-corrected chi connectivity index (χ4v) is 6.65. The van der Waals surface area contributed by atoms with E-state index in [4.69, 9.17) is 38.0 Å². The number of pyridine rings is 2. The predicted molar refractivity (Wildman–Crippen MR) is 189 cm³/mol. The van der Waals surface area contributed by atoms with E-state index < -0.39 is 0 Å². The summed E-state index contributed by atoms with van der Waals surface area (Å²) in [5.74, 6) is 0.583. The summed E-state index contributed by atoms with van der Waals surface area (Å²) < 4.78 is 7.15. The highest BCUT2D eigenvalue weighted by Crippen LogP contribution is 2.42. The van der Waals surface area contributed by atoms with Crippen LogP contribution >= 0.6 is 23.2 Å². The Morgan fingerprint density at radius 3 is 2.40 bits per heavy atom. The quantitative estimate of drug-likeness (QED) is 0.132. The zero-order valence-corrected chi connectivity index (χ0v) is 28.2. The van der Waals surface area contributed by atoms with Crippen LogP contribution in [0.1, 0.15) is 29.7 Å². The fourth-order valence-electron chi connectivity index (χ4n) is 5.99. The van der Waals surface area contributed by atoms with Crippen molar-refractivity contribution in [1.29, 1.82) is 0 Å². The highest BCUT2D eigenvalue weighted by atomic mass is 35.5. The number of carbonyl (C=O) groups is 1. The molecule has 4 N–H and O–H groups in total. The summed E-state index contributed by atoms with van der Waals surface area (Å²) in [6.07, 6.45) is 3.10. The summed E-state index contributed by atoms with van der Waals surface area (Å²) in [7, 11) is 1.59. The molecule has 10 nitrogen and oxygen atoms in total. The van der Waals surface area contributed by atoms with E-state index in [0.29, 0.717) is 71.1 Å². The van der Waals surface area contributed by atoms with Gasteiger partial charge in [0.15, 0.2) is 0 Å². The van der Waals surface area contributed by atoms with Crippen molar-refractivity contribution in [3.05, 3.63) is 104 Å². The van der Waals surface area contributed by atoms with E-state index in [1.807, 2.05) is 60.7 Å². The SMILES string of the molecule is COc1nc(-c2cccc(-c3cccc(-c4ccn5c(=O)c(CNCCO)c(C)nc5c4)c3Cl)c2Cl)ccc1CNCC1CCC(=O)N1. The molecule has 0 radical (unpaired) electrons. The fraction of sp³-hybridized carbons (Fsp3) is 0.278. The second-order valence-electron chi connectivity index (χ2n) is 11.7. The third-order valence-corrected chi connectivity index (χ3v) is 9.33. The molecule has 48 heavy (non-hydrogen) atoms. The van der Waals surface area contributed by atoms with Gasteiger partial charge >= 0.3 is 0 Å². The van der Waals surface area contributed by atoms with Gasteiger partial charge < -0.3 is 25.8 Å². The van der Waals surface area contributed by atoms with Gasteiger partial charge in [-0.2, -0.15) is 0 Å². The van der Waals surface area contributed by atoms with Gasteiger partial charge in [-0.1, -0.05) is 65.7 Å². The molecule has 5 aromatic rings. The highest BCUT2D eigenvalue weighted by Gasteiger charge is 2.21. The van der Waals surface area contributed by atoms with E-state index in [0.717, 1.165) is 39.8 Å². The van der Waals surface area contributed by atoms with Crippen molar-refractivity contribution < 1.29 is 14.6 Å². The van der Waals surface area contributed by atoms with Crippen LogP contribution in [0, 0.1) is 6.92 Å². The molecule has 1 atom stereocenters. The number of hydrogen-bond donors (Lipinski definition) is 4. The van der Waals surface area contributed by atoms with Gasteiger partial charge in [-0.3, -0.25) is 14.0 Å². The number of rotatable bonds is 12. The molecule has 12 heteroatoms. The van der Waals surface area contributed by atoms with Crippen molar-refractivity contribution in [1.82, 2.24) is 30.3 Å². The molecule has 0 saturated carbocycles. The Labute approximate surface area is 288 Å². The van der Waals surface area contributed by atoms with Crippen molar-refractivity contribution in [3.63, 3.8) is 0 Å². The van der Waals surface area contributed by atoms with Crippen LogP contribution in [-0.2, 0) is 17.9 Å². The minimum absolute atomic E-state index is 0.0123. The minimum Gasteiger partial charge on any atom is -0.481 e. The smallest absolute Gasteiger partial charge is 0.262 e. The first kappa shape index (κ1) is 33.6. The van der Waals surface area contributed by atoms with Crippen LogP contribution in [0.2, 0.25) is 10.0 Å². The molecule has 248 valence electrons. The summed E-state index contributed by atoms with van der Waals surface area (Å²) in [6, 6.07) is 19.2. The molecule has 1 fully saturated rings. The molecule has 6 rings (SSSR count). The molecule has 1 amide bonds. The van der Waals surface area contributed by atoms with Crippen LogP contribution in [0.3, 0.4) is 0 Å². The summed E-state index contributed by atoms with van der Waals surface area (Å²) in [4.78, 5) is 34.2. The lowest BCUT2D eigenvalue weighted by Gasteiger charge is -2.16. The van der Waals surface area contributed by atoms with E-state index in [-0.39, 0.29) is 24.1 Å². The largest absolute Gasteiger partial charge is 0.481 e. The maximum absolute atomic E-state index is 13.2. The maximum atomic E-state index is 13.2. The summed E-state index contributed by atoms with van der Waals surface area (Å²) in [6.45, 7) is 3.72. The number of nitrogens with one attached hydrogen (secondary N) is 3. The number of nitrogens with zero attached hydrogens (tertiary/aromatic N) is 3. The Kier molecular flexibility index (Phi) is 10.4. The van der Waals surface area contributed by atoms with Crippen LogP contribution in [0.4, 0.5) is 0 Å². The lowest BCUT2D eigenvalue weighted by molar-refractivity contribution is -0.119. The number of aliphatic hydroxyl groups is 1. The second kappa shape index (κ2) is 14.8. The summed E-state index contributed by atoms with van der Waals surface area (Å²) in [5.41, 5.74) is 6.88. The Bertz CT molecular complexity index is 2050. The Morgan fingerprint density at radius 1 is 0.958 bits per heavy atom. The first-order valence-corrected chi connectivity index (χ1v) is 16.5. The van der Waals surface area contributed by atoms with Gasteiger partial charge in [0.1, 0.15) is 5.65 Å². The second-order valence-corrected chi connectivity index (χ2v) is 12.4. The van der Waals surface area contributed by atoms with Gasteiger partial charge in [-0.05, 0) is 37.1 Å². The minimum atomic E-state index is -0.161. The van der Waals surface area contributed by atoms with E-state index >= 15 is 0 Å². The lowest BCUT2D eigenvalue weighted by atomic mass is 9.97. The van der Waals surface area contributed by atoms with Gasteiger partial charge in [0.25, 0.3) is 5.56 Å². The van der Waals surface area contributed by atoms with E-state index in [1.165, 1.54) is 4.40 Å². The number of aryl methyl sites for hydroxylation is 1. The number of benzene rings is 2. The van der Waals surface area contributed by atoms with Crippen LogP contribution in [0.15, 0.2) is 71.7 Å². The van der Waals surface area contributed by atoms with Crippen LogP contribution in [0.5, 0.6) is 5.88 Å². The van der Waals surface area contributed by atoms with Crippen molar-refractivity contribution in [2.75, 3.05) is 26.8 Å². The number of hydrogen-bond acceptors (Lipinski definition) is 8. The van der Waals surface area contributed by atoms with Gasteiger partial charge in [-0.25, -0.2) is 9.97 Å². The molecule has 0 aliphatic carbocycles. The summed E-state index contributed by atoms with van der Waals surface area (Å²) >= 11 is 14.2. The van der Waals surface area contributed by atoms with E-state index in [1.54, 1.807) is 20.2 Å². The van der Waals surface area contributed by atoms with Crippen molar-refractivity contribution >= 4 is 34.8 Å². The summed E-state index contributed by atoms with van der Waals surface area (Å²) in [5, 5.41) is 19.5. The molecule has 0 spiro atoms. The van der Waals surface area contributed by atoms with Crippen LogP contribution in [0.25, 0.3) is 39.2 Å². The number of fused-ring (bicyclic) bond motifs is 1. The predicted octanol–water partition coefficient (Wildman–Crippen LogP) is 5.16.